The van der Waals surface area contributed by atoms with Gasteiger partial charge in [0.1, 0.15) is 11.8 Å². The lowest BCUT2D eigenvalue weighted by Gasteiger charge is -2.29. The highest BCUT2D eigenvalue weighted by atomic mass is 16.5. The molecule has 28 heavy (non-hydrogen) atoms. The SMILES string of the molecule is CCC(C)C(C(=O)NCc1ccccc1OC)N1C(=O)c2ccccc2C1=O. The number of amides is 3. The summed E-state index contributed by atoms with van der Waals surface area (Å²) in [7, 11) is 1.57. The molecule has 6 heteroatoms. The Kier molecular flexibility index (Phi) is 5.78. The van der Waals surface area contributed by atoms with Crippen LogP contribution in [0, 0.1) is 5.92 Å². The van der Waals surface area contributed by atoms with Crippen molar-refractivity contribution in [3.63, 3.8) is 0 Å². The topological polar surface area (TPSA) is 75.7 Å². The number of methoxy groups -OCH3 is 1. The van der Waals surface area contributed by atoms with Crippen LogP contribution in [0.3, 0.4) is 0 Å². The fraction of sp³-hybridized carbons (Fsp3) is 0.318. The van der Waals surface area contributed by atoms with Gasteiger partial charge in [-0.25, -0.2) is 0 Å². The summed E-state index contributed by atoms with van der Waals surface area (Å²) < 4.78 is 5.31. The largest absolute Gasteiger partial charge is 0.496 e. The van der Waals surface area contributed by atoms with Crippen molar-refractivity contribution in [2.24, 2.45) is 5.92 Å². The number of rotatable bonds is 7. The van der Waals surface area contributed by atoms with Gasteiger partial charge in [0.05, 0.1) is 18.2 Å². The van der Waals surface area contributed by atoms with E-state index < -0.39 is 17.9 Å². The van der Waals surface area contributed by atoms with E-state index in [1.165, 1.54) is 0 Å². The second-order valence-electron chi connectivity index (χ2n) is 6.89. The third kappa shape index (κ3) is 3.50. The van der Waals surface area contributed by atoms with Crippen LogP contribution in [0.15, 0.2) is 48.5 Å². The number of imide groups is 1. The molecule has 0 aliphatic carbocycles. The van der Waals surface area contributed by atoms with E-state index in [1.807, 2.05) is 38.1 Å². The van der Waals surface area contributed by atoms with Gasteiger partial charge in [0, 0.05) is 12.1 Å². The number of carbonyl (C=O) groups excluding carboxylic acids is 3. The summed E-state index contributed by atoms with van der Waals surface area (Å²) in [6.45, 7) is 4.05. The molecular formula is C22H24N2O4. The fourth-order valence-electron chi connectivity index (χ4n) is 3.45. The molecule has 0 fully saturated rings. The molecule has 2 unspecified atom stereocenters. The van der Waals surface area contributed by atoms with Crippen LogP contribution >= 0.6 is 0 Å². The molecule has 0 spiro atoms. The number of hydrogen-bond donors (Lipinski definition) is 1. The molecule has 0 bridgehead atoms. The quantitative estimate of drug-likeness (QED) is 0.749. The molecule has 3 amide bonds. The number of hydrogen-bond acceptors (Lipinski definition) is 4. The average molecular weight is 380 g/mol. The molecule has 0 saturated carbocycles. The standard InChI is InChI=1S/C22H24N2O4/c1-4-14(2)19(20(25)23-13-15-9-5-8-12-18(15)28-3)24-21(26)16-10-6-7-11-17(16)22(24)27/h5-12,14,19H,4,13H2,1-3H3,(H,23,25). The van der Waals surface area contributed by atoms with Crippen LogP contribution < -0.4 is 10.1 Å². The average Bonchev–Trinajstić information content (AvgIpc) is 2.98. The lowest BCUT2D eigenvalue weighted by atomic mass is 9.96. The normalized spacial score (nSPS) is 15.2. The third-order valence-corrected chi connectivity index (χ3v) is 5.20. The number of benzene rings is 2. The van der Waals surface area contributed by atoms with Crippen LogP contribution in [-0.4, -0.2) is 35.8 Å². The van der Waals surface area contributed by atoms with Crippen molar-refractivity contribution in [2.45, 2.75) is 32.9 Å². The molecule has 2 atom stereocenters. The summed E-state index contributed by atoms with van der Waals surface area (Å²) in [5.41, 5.74) is 1.51. The lowest BCUT2D eigenvalue weighted by molar-refractivity contribution is -0.126. The zero-order chi connectivity index (χ0) is 20.3. The minimum atomic E-state index is -0.868. The van der Waals surface area contributed by atoms with Gasteiger partial charge < -0.3 is 10.1 Å². The lowest BCUT2D eigenvalue weighted by Crippen LogP contribution is -2.52. The first-order chi connectivity index (χ1) is 13.5. The molecule has 0 aromatic heterocycles. The van der Waals surface area contributed by atoms with E-state index in [2.05, 4.69) is 5.32 Å². The maximum atomic E-state index is 13.0. The second-order valence-corrected chi connectivity index (χ2v) is 6.89. The summed E-state index contributed by atoms with van der Waals surface area (Å²) in [4.78, 5) is 39.9. The molecule has 3 rings (SSSR count). The van der Waals surface area contributed by atoms with Gasteiger partial charge in [0.25, 0.3) is 11.8 Å². The Bertz CT molecular complexity index is 874. The van der Waals surface area contributed by atoms with Crippen molar-refractivity contribution < 1.29 is 19.1 Å². The van der Waals surface area contributed by atoms with E-state index in [-0.39, 0.29) is 18.4 Å². The third-order valence-electron chi connectivity index (χ3n) is 5.20. The minimum absolute atomic E-state index is 0.181. The number of nitrogens with zero attached hydrogens (tertiary/aromatic N) is 1. The zero-order valence-electron chi connectivity index (χ0n) is 16.3. The van der Waals surface area contributed by atoms with Crippen molar-refractivity contribution in [1.29, 1.82) is 0 Å². The Hall–Kier alpha value is -3.15. The monoisotopic (exact) mass is 380 g/mol. The summed E-state index contributed by atoms with van der Waals surface area (Å²) in [6, 6.07) is 13.2. The number of para-hydroxylation sites is 1. The maximum absolute atomic E-state index is 13.0. The second kappa shape index (κ2) is 8.25. The van der Waals surface area contributed by atoms with E-state index in [1.54, 1.807) is 31.4 Å². The highest BCUT2D eigenvalue weighted by Crippen LogP contribution is 2.28. The van der Waals surface area contributed by atoms with Crippen LogP contribution in [0.2, 0.25) is 0 Å². The molecule has 146 valence electrons. The van der Waals surface area contributed by atoms with Crippen LogP contribution in [-0.2, 0) is 11.3 Å². The van der Waals surface area contributed by atoms with Crippen molar-refractivity contribution >= 4 is 17.7 Å². The molecule has 6 nitrogen and oxygen atoms in total. The van der Waals surface area contributed by atoms with Gasteiger partial charge in [-0.3, -0.25) is 19.3 Å². The highest BCUT2D eigenvalue weighted by molar-refractivity contribution is 6.22. The summed E-state index contributed by atoms with van der Waals surface area (Å²) in [5.74, 6) is -0.699. The van der Waals surface area contributed by atoms with Crippen molar-refractivity contribution in [3.05, 3.63) is 65.2 Å². The van der Waals surface area contributed by atoms with Gasteiger partial charge in [-0.05, 0) is 24.1 Å². The van der Waals surface area contributed by atoms with Gasteiger partial charge in [0.2, 0.25) is 5.91 Å². The van der Waals surface area contributed by atoms with Gasteiger partial charge in [-0.1, -0.05) is 50.6 Å². The minimum Gasteiger partial charge on any atom is -0.496 e. The smallest absolute Gasteiger partial charge is 0.262 e. The fourth-order valence-corrected chi connectivity index (χ4v) is 3.45. The molecule has 2 aromatic rings. The Balaban J connectivity index is 1.84. The van der Waals surface area contributed by atoms with Gasteiger partial charge >= 0.3 is 0 Å². The van der Waals surface area contributed by atoms with Crippen LogP contribution in [0.5, 0.6) is 5.75 Å². The summed E-state index contributed by atoms with van der Waals surface area (Å²) >= 11 is 0. The number of carbonyl (C=O) groups is 3. The predicted molar refractivity (Wildman–Crippen MR) is 105 cm³/mol. The maximum Gasteiger partial charge on any atom is 0.262 e. The van der Waals surface area contributed by atoms with E-state index in [0.29, 0.717) is 23.3 Å². The van der Waals surface area contributed by atoms with Gasteiger partial charge in [-0.2, -0.15) is 0 Å². The Morgan fingerprint density at radius 3 is 2.18 bits per heavy atom. The number of ether oxygens (including phenoxy) is 1. The van der Waals surface area contributed by atoms with Gasteiger partial charge in [-0.15, -0.1) is 0 Å². The first kappa shape index (κ1) is 19.6. The molecule has 1 aliphatic heterocycles. The molecule has 1 N–H and O–H groups in total. The van der Waals surface area contributed by atoms with E-state index in [4.69, 9.17) is 4.74 Å². The van der Waals surface area contributed by atoms with Crippen molar-refractivity contribution in [2.75, 3.05) is 7.11 Å². The first-order valence-electron chi connectivity index (χ1n) is 9.36. The number of fused-ring (bicyclic) bond motifs is 1. The molecule has 1 aliphatic rings. The zero-order valence-corrected chi connectivity index (χ0v) is 16.3. The van der Waals surface area contributed by atoms with E-state index in [0.717, 1.165) is 10.5 Å². The first-order valence-corrected chi connectivity index (χ1v) is 9.36. The van der Waals surface area contributed by atoms with Crippen molar-refractivity contribution in [1.82, 2.24) is 10.2 Å². The van der Waals surface area contributed by atoms with E-state index >= 15 is 0 Å². The highest BCUT2D eigenvalue weighted by Gasteiger charge is 2.44. The summed E-state index contributed by atoms with van der Waals surface area (Å²) in [5, 5.41) is 2.87. The van der Waals surface area contributed by atoms with Gasteiger partial charge in [0.15, 0.2) is 0 Å². The Morgan fingerprint density at radius 2 is 1.61 bits per heavy atom. The molecular weight excluding hydrogens is 356 g/mol. The van der Waals surface area contributed by atoms with Crippen LogP contribution in [0.4, 0.5) is 0 Å². The predicted octanol–water partition coefficient (Wildman–Crippen LogP) is 3.02. The summed E-state index contributed by atoms with van der Waals surface area (Å²) in [6.07, 6.45) is 0.653. The molecule has 2 aromatic carbocycles. The van der Waals surface area contributed by atoms with Crippen LogP contribution in [0.25, 0.3) is 0 Å². The molecule has 1 heterocycles. The molecule has 0 radical (unpaired) electrons. The van der Waals surface area contributed by atoms with Crippen molar-refractivity contribution in [3.8, 4) is 5.75 Å². The van der Waals surface area contributed by atoms with Crippen LogP contribution in [0.1, 0.15) is 46.5 Å². The number of nitrogens with one attached hydrogen (secondary N) is 1. The molecule has 0 saturated heterocycles. The van der Waals surface area contributed by atoms with E-state index in [9.17, 15) is 14.4 Å². The Labute approximate surface area is 164 Å². The Morgan fingerprint density at radius 1 is 1.04 bits per heavy atom.